The third-order valence-corrected chi connectivity index (χ3v) is 5.12. The van der Waals surface area contributed by atoms with E-state index >= 15 is 0 Å². The van der Waals surface area contributed by atoms with Gasteiger partial charge in [-0.05, 0) is 49.9 Å². The lowest BCUT2D eigenvalue weighted by atomic mass is 10.0. The fraction of sp³-hybridized carbons (Fsp3) is 0.440. The van der Waals surface area contributed by atoms with Gasteiger partial charge in [0, 0.05) is 13.1 Å². The second-order valence-corrected chi connectivity index (χ2v) is 7.89. The molecule has 0 aliphatic heterocycles. The summed E-state index contributed by atoms with van der Waals surface area (Å²) in [7, 11) is 0. The molecule has 2 aromatic rings. The molecule has 4 nitrogen and oxygen atoms in total. The normalized spacial score (nSPS) is 11.8. The van der Waals surface area contributed by atoms with Crippen LogP contribution in [-0.4, -0.2) is 29.3 Å². The smallest absolute Gasteiger partial charge is 0.242 e. The Hall–Kier alpha value is -2.69. The van der Waals surface area contributed by atoms with Gasteiger partial charge in [-0.15, -0.1) is 0 Å². The van der Waals surface area contributed by atoms with Gasteiger partial charge in [-0.3, -0.25) is 9.59 Å². The highest BCUT2D eigenvalue weighted by Gasteiger charge is 2.28. The lowest BCUT2D eigenvalue weighted by molar-refractivity contribution is -0.140. The maximum atomic E-state index is 13.3. The zero-order valence-corrected chi connectivity index (χ0v) is 18.5. The Bertz CT molecular complexity index is 828. The van der Waals surface area contributed by atoms with Crippen molar-refractivity contribution in [3.8, 4) is 0 Å². The molecular weight excluding hydrogens is 379 g/mol. The lowest BCUT2D eigenvalue weighted by Gasteiger charge is -2.31. The molecule has 162 valence electrons. The van der Waals surface area contributed by atoms with Gasteiger partial charge in [-0.25, -0.2) is 4.39 Å². The number of nitrogens with zero attached hydrogens (tertiary/aromatic N) is 1. The van der Waals surface area contributed by atoms with Gasteiger partial charge in [0.15, 0.2) is 0 Å². The monoisotopic (exact) mass is 412 g/mol. The van der Waals surface area contributed by atoms with Crippen LogP contribution in [0.4, 0.5) is 4.39 Å². The van der Waals surface area contributed by atoms with E-state index in [0.29, 0.717) is 13.0 Å². The highest BCUT2D eigenvalue weighted by molar-refractivity contribution is 5.88. The number of benzene rings is 2. The summed E-state index contributed by atoms with van der Waals surface area (Å²) in [5.41, 5.74) is 3.94. The summed E-state index contributed by atoms with van der Waals surface area (Å²) in [6.45, 7) is 8.86. The highest BCUT2D eigenvalue weighted by Crippen LogP contribution is 2.17. The summed E-state index contributed by atoms with van der Waals surface area (Å²) >= 11 is 0. The van der Waals surface area contributed by atoms with Crippen LogP contribution < -0.4 is 5.32 Å². The first-order valence-corrected chi connectivity index (χ1v) is 10.7. The van der Waals surface area contributed by atoms with Gasteiger partial charge in [0.25, 0.3) is 0 Å². The third-order valence-electron chi connectivity index (χ3n) is 5.12. The van der Waals surface area contributed by atoms with Crippen molar-refractivity contribution in [3.63, 3.8) is 0 Å². The number of amides is 2. The molecule has 0 heterocycles. The molecule has 0 unspecified atom stereocenters. The van der Waals surface area contributed by atoms with Crippen molar-refractivity contribution < 1.29 is 14.0 Å². The summed E-state index contributed by atoms with van der Waals surface area (Å²) in [6, 6.07) is 11.6. The number of carbonyl (C=O) groups excluding carboxylic acids is 2. The molecule has 2 amide bonds. The van der Waals surface area contributed by atoms with Gasteiger partial charge in [0.2, 0.25) is 11.8 Å². The minimum Gasteiger partial charge on any atom is -0.354 e. The molecule has 2 aromatic carbocycles. The van der Waals surface area contributed by atoms with Crippen LogP contribution in [0.15, 0.2) is 42.5 Å². The van der Waals surface area contributed by atoms with Gasteiger partial charge in [-0.1, -0.05) is 61.7 Å². The van der Waals surface area contributed by atoms with Crippen molar-refractivity contribution in [1.82, 2.24) is 10.2 Å². The second-order valence-electron chi connectivity index (χ2n) is 7.89. The standard InChI is InChI=1S/C25H33FN2O2/c1-5-7-12-27-25(30)23(6-2)28(17-20-8-10-22(26)11-9-20)24(29)16-21-14-18(3)13-19(4)15-21/h8-11,13-15,23H,5-7,12,16-17H2,1-4H3,(H,27,30)/t23-/m0/s1. The van der Waals surface area contributed by atoms with Crippen LogP contribution in [-0.2, 0) is 22.6 Å². The Morgan fingerprint density at radius 1 is 1.00 bits per heavy atom. The Balaban J connectivity index is 2.26. The molecule has 0 saturated heterocycles. The molecule has 0 bridgehead atoms. The Labute approximate surface area is 179 Å². The van der Waals surface area contributed by atoms with E-state index in [4.69, 9.17) is 0 Å². The Morgan fingerprint density at radius 2 is 1.63 bits per heavy atom. The van der Waals surface area contributed by atoms with E-state index in [9.17, 15) is 14.0 Å². The first-order valence-electron chi connectivity index (χ1n) is 10.7. The lowest BCUT2D eigenvalue weighted by Crippen LogP contribution is -2.49. The third kappa shape index (κ3) is 6.97. The molecular formula is C25H33FN2O2. The molecule has 30 heavy (non-hydrogen) atoms. The van der Waals surface area contributed by atoms with Crippen LogP contribution in [0.25, 0.3) is 0 Å². The van der Waals surface area contributed by atoms with E-state index in [2.05, 4.69) is 18.3 Å². The average Bonchev–Trinajstić information content (AvgIpc) is 2.68. The van der Waals surface area contributed by atoms with Crippen LogP contribution in [0, 0.1) is 19.7 Å². The number of halogens is 1. The van der Waals surface area contributed by atoms with E-state index in [0.717, 1.165) is 35.1 Å². The minimum absolute atomic E-state index is 0.109. The zero-order chi connectivity index (χ0) is 22.1. The number of hydrogen-bond donors (Lipinski definition) is 1. The zero-order valence-electron chi connectivity index (χ0n) is 18.5. The van der Waals surface area contributed by atoms with Crippen LogP contribution in [0.3, 0.4) is 0 Å². The molecule has 5 heteroatoms. The molecule has 0 fully saturated rings. The summed E-state index contributed by atoms with van der Waals surface area (Å²) < 4.78 is 13.3. The predicted octanol–water partition coefficient (Wildman–Crippen LogP) is 4.71. The SMILES string of the molecule is CCCCNC(=O)[C@H](CC)N(Cc1ccc(F)cc1)C(=O)Cc1cc(C)cc(C)c1. The van der Waals surface area contributed by atoms with Crippen molar-refractivity contribution in [2.45, 2.75) is 66.0 Å². The average molecular weight is 413 g/mol. The highest BCUT2D eigenvalue weighted by atomic mass is 19.1. The fourth-order valence-electron chi connectivity index (χ4n) is 3.66. The van der Waals surface area contributed by atoms with Gasteiger partial charge >= 0.3 is 0 Å². The molecule has 0 aliphatic carbocycles. The quantitative estimate of drug-likeness (QED) is 0.575. The van der Waals surface area contributed by atoms with Crippen molar-refractivity contribution in [2.75, 3.05) is 6.54 Å². The molecule has 0 aliphatic rings. The van der Waals surface area contributed by atoms with E-state index in [1.165, 1.54) is 12.1 Å². The summed E-state index contributed by atoms with van der Waals surface area (Å²) in [6.07, 6.45) is 2.62. The van der Waals surface area contributed by atoms with Gasteiger partial charge in [0.05, 0.1) is 6.42 Å². The van der Waals surface area contributed by atoms with Crippen molar-refractivity contribution in [2.24, 2.45) is 0 Å². The van der Waals surface area contributed by atoms with Crippen LogP contribution in [0.5, 0.6) is 0 Å². The number of hydrogen-bond acceptors (Lipinski definition) is 2. The number of nitrogens with one attached hydrogen (secondary N) is 1. The van der Waals surface area contributed by atoms with Crippen molar-refractivity contribution in [1.29, 1.82) is 0 Å². The van der Waals surface area contributed by atoms with Gasteiger partial charge < -0.3 is 10.2 Å². The predicted molar refractivity (Wildman–Crippen MR) is 119 cm³/mol. The fourth-order valence-corrected chi connectivity index (χ4v) is 3.66. The molecule has 0 aromatic heterocycles. The first-order chi connectivity index (χ1) is 14.3. The van der Waals surface area contributed by atoms with Crippen molar-refractivity contribution >= 4 is 11.8 Å². The van der Waals surface area contributed by atoms with E-state index in [1.54, 1.807) is 17.0 Å². The molecule has 0 radical (unpaired) electrons. The van der Waals surface area contributed by atoms with E-state index in [-0.39, 0.29) is 30.6 Å². The molecule has 0 spiro atoms. The number of carbonyl (C=O) groups is 2. The largest absolute Gasteiger partial charge is 0.354 e. The van der Waals surface area contributed by atoms with Gasteiger partial charge in [-0.2, -0.15) is 0 Å². The maximum Gasteiger partial charge on any atom is 0.242 e. The summed E-state index contributed by atoms with van der Waals surface area (Å²) in [5, 5.41) is 2.95. The summed E-state index contributed by atoms with van der Waals surface area (Å²) in [4.78, 5) is 27.8. The second kappa shape index (κ2) is 11.5. The number of rotatable bonds is 10. The van der Waals surface area contributed by atoms with Crippen LogP contribution in [0.1, 0.15) is 55.4 Å². The number of aryl methyl sites for hydroxylation is 2. The van der Waals surface area contributed by atoms with Gasteiger partial charge in [0.1, 0.15) is 11.9 Å². The summed E-state index contributed by atoms with van der Waals surface area (Å²) in [5.74, 6) is -0.570. The minimum atomic E-state index is -0.565. The van der Waals surface area contributed by atoms with E-state index < -0.39 is 6.04 Å². The molecule has 1 N–H and O–H groups in total. The maximum absolute atomic E-state index is 13.3. The number of unbranched alkanes of at least 4 members (excludes halogenated alkanes) is 1. The Kier molecular flexibility index (Phi) is 9.03. The molecule has 1 atom stereocenters. The van der Waals surface area contributed by atoms with Crippen LogP contribution in [0.2, 0.25) is 0 Å². The van der Waals surface area contributed by atoms with E-state index in [1.807, 2.05) is 32.9 Å². The molecule has 2 rings (SSSR count). The van der Waals surface area contributed by atoms with Crippen LogP contribution >= 0.6 is 0 Å². The topological polar surface area (TPSA) is 49.4 Å². The molecule has 0 saturated carbocycles. The first kappa shape index (κ1) is 23.6. The van der Waals surface area contributed by atoms with Crippen molar-refractivity contribution in [3.05, 3.63) is 70.5 Å². The Morgan fingerprint density at radius 3 is 2.20 bits per heavy atom.